The van der Waals surface area contributed by atoms with Gasteiger partial charge in [0.2, 0.25) is 0 Å². The van der Waals surface area contributed by atoms with E-state index in [1.807, 2.05) is 24.1 Å². The molecule has 5 heteroatoms. The lowest BCUT2D eigenvalue weighted by Crippen LogP contribution is -2.47. The minimum atomic E-state index is 0.121. The number of likely N-dealkylation sites (tertiary alicyclic amines) is 1. The Morgan fingerprint density at radius 3 is 2.86 bits per heavy atom. The zero-order chi connectivity index (χ0) is 15.4. The summed E-state index contributed by atoms with van der Waals surface area (Å²) in [7, 11) is 6.00. The summed E-state index contributed by atoms with van der Waals surface area (Å²) >= 11 is 0. The molecule has 0 saturated carbocycles. The zero-order valence-electron chi connectivity index (χ0n) is 13.5. The largest absolute Gasteiger partial charge is 0.373 e. The average Bonchev–Trinajstić information content (AvgIpc) is 2.53. The van der Waals surface area contributed by atoms with Gasteiger partial charge in [0.1, 0.15) is 5.82 Å². The van der Waals surface area contributed by atoms with Crippen LogP contribution < -0.4 is 5.32 Å². The molecule has 1 aliphatic heterocycles. The van der Waals surface area contributed by atoms with Gasteiger partial charge in [0, 0.05) is 37.4 Å². The van der Waals surface area contributed by atoms with Crippen molar-refractivity contribution in [2.24, 2.45) is 0 Å². The van der Waals surface area contributed by atoms with Crippen molar-refractivity contribution in [1.82, 2.24) is 14.8 Å². The molecule has 1 amide bonds. The number of carbonyl (C=O) groups is 1. The lowest BCUT2D eigenvalue weighted by Gasteiger charge is -2.36. The van der Waals surface area contributed by atoms with Crippen LogP contribution in [0.15, 0.2) is 12.1 Å². The molecule has 1 aromatic rings. The van der Waals surface area contributed by atoms with E-state index in [-0.39, 0.29) is 5.91 Å². The number of aryl methyl sites for hydroxylation is 1. The highest BCUT2D eigenvalue weighted by atomic mass is 16.2. The van der Waals surface area contributed by atoms with Gasteiger partial charge in [0.05, 0.1) is 0 Å². The molecule has 1 aromatic heterocycles. The first-order valence-electron chi connectivity index (χ1n) is 7.69. The van der Waals surface area contributed by atoms with Crippen molar-refractivity contribution in [1.29, 1.82) is 0 Å². The topological polar surface area (TPSA) is 48.5 Å². The molecule has 0 aliphatic carbocycles. The molecule has 0 spiro atoms. The van der Waals surface area contributed by atoms with Crippen LogP contribution in [0.4, 0.5) is 5.82 Å². The monoisotopic (exact) mass is 290 g/mol. The van der Waals surface area contributed by atoms with Crippen LogP contribution in [0, 0.1) is 0 Å². The number of aromatic nitrogens is 1. The molecular weight excluding hydrogens is 264 g/mol. The third kappa shape index (κ3) is 3.73. The second-order valence-corrected chi connectivity index (χ2v) is 5.85. The summed E-state index contributed by atoms with van der Waals surface area (Å²) < 4.78 is 0. The smallest absolute Gasteiger partial charge is 0.254 e. The van der Waals surface area contributed by atoms with Crippen LogP contribution in [0.25, 0.3) is 0 Å². The molecule has 1 saturated heterocycles. The number of piperidine rings is 1. The van der Waals surface area contributed by atoms with Gasteiger partial charge >= 0.3 is 0 Å². The van der Waals surface area contributed by atoms with Crippen molar-refractivity contribution in [2.75, 3.05) is 39.5 Å². The molecule has 0 bridgehead atoms. The van der Waals surface area contributed by atoms with Crippen LogP contribution in [-0.4, -0.2) is 61.0 Å². The number of rotatable bonds is 4. The van der Waals surface area contributed by atoms with E-state index in [4.69, 9.17) is 0 Å². The molecule has 1 unspecified atom stereocenters. The Morgan fingerprint density at radius 1 is 1.48 bits per heavy atom. The van der Waals surface area contributed by atoms with E-state index in [1.54, 1.807) is 0 Å². The number of carbonyl (C=O) groups excluding carboxylic acids is 1. The van der Waals surface area contributed by atoms with Gasteiger partial charge in [0.25, 0.3) is 5.91 Å². The summed E-state index contributed by atoms with van der Waals surface area (Å²) in [5.74, 6) is 0.883. The van der Waals surface area contributed by atoms with Crippen molar-refractivity contribution in [3.8, 4) is 0 Å². The number of likely N-dealkylation sites (N-methyl/N-ethyl adjacent to an activating group) is 1. The Bertz CT molecular complexity index is 479. The molecule has 1 fully saturated rings. The van der Waals surface area contributed by atoms with E-state index >= 15 is 0 Å². The number of hydrogen-bond acceptors (Lipinski definition) is 4. The minimum Gasteiger partial charge on any atom is -0.373 e. The van der Waals surface area contributed by atoms with Gasteiger partial charge in [-0.05, 0) is 45.5 Å². The van der Waals surface area contributed by atoms with Gasteiger partial charge in [-0.15, -0.1) is 0 Å². The van der Waals surface area contributed by atoms with Crippen LogP contribution in [0.1, 0.15) is 35.8 Å². The molecule has 116 valence electrons. The molecule has 1 atom stereocenters. The summed E-state index contributed by atoms with van der Waals surface area (Å²) in [5.41, 5.74) is 1.69. The summed E-state index contributed by atoms with van der Waals surface area (Å²) in [6, 6.07) is 4.22. The van der Waals surface area contributed by atoms with Gasteiger partial charge in [-0.3, -0.25) is 4.79 Å². The fourth-order valence-electron chi connectivity index (χ4n) is 2.76. The summed E-state index contributed by atoms with van der Waals surface area (Å²) in [6.07, 6.45) is 3.06. The molecule has 1 N–H and O–H groups in total. The molecule has 21 heavy (non-hydrogen) atoms. The Labute approximate surface area is 127 Å². The van der Waals surface area contributed by atoms with E-state index in [9.17, 15) is 4.79 Å². The van der Waals surface area contributed by atoms with Gasteiger partial charge in [0.15, 0.2) is 0 Å². The van der Waals surface area contributed by atoms with Crippen LogP contribution in [0.2, 0.25) is 0 Å². The zero-order valence-corrected chi connectivity index (χ0v) is 13.5. The van der Waals surface area contributed by atoms with Crippen molar-refractivity contribution < 1.29 is 4.79 Å². The lowest BCUT2D eigenvalue weighted by molar-refractivity contribution is 0.0635. The SMILES string of the molecule is CCc1cc(C(=O)N2CCCC(N(C)C)C2)cc(NC)n1. The van der Waals surface area contributed by atoms with Gasteiger partial charge < -0.3 is 15.1 Å². The second kappa shape index (κ2) is 6.89. The average molecular weight is 290 g/mol. The second-order valence-electron chi connectivity index (χ2n) is 5.85. The lowest BCUT2D eigenvalue weighted by atomic mass is 10.0. The first-order valence-corrected chi connectivity index (χ1v) is 7.69. The summed E-state index contributed by atoms with van der Waals surface area (Å²) in [6.45, 7) is 3.71. The van der Waals surface area contributed by atoms with Gasteiger partial charge in [-0.1, -0.05) is 6.92 Å². The number of hydrogen-bond donors (Lipinski definition) is 1. The Hall–Kier alpha value is -1.62. The standard InChI is InChI=1S/C16H26N4O/c1-5-13-9-12(10-15(17-2)18-13)16(21)20-8-6-7-14(11-20)19(3)4/h9-10,14H,5-8,11H2,1-4H3,(H,17,18). The fourth-order valence-corrected chi connectivity index (χ4v) is 2.76. The number of pyridine rings is 1. The summed E-state index contributed by atoms with van der Waals surface area (Å²) in [4.78, 5) is 21.4. The van der Waals surface area contributed by atoms with E-state index in [1.165, 1.54) is 0 Å². The van der Waals surface area contributed by atoms with E-state index in [2.05, 4.69) is 36.2 Å². The van der Waals surface area contributed by atoms with Crippen molar-refractivity contribution in [3.63, 3.8) is 0 Å². The van der Waals surface area contributed by atoms with Crippen molar-refractivity contribution in [3.05, 3.63) is 23.4 Å². The maximum absolute atomic E-state index is 12.8. The van der Waals surface area contributed by atoms with E-state index in [0.29, 0.717) is 6.04 Å². The van der Waals surface area contributed by atoms with Crippen LogP contribution >= 0.6 is 0 Å². The highest BCUT2D eigenvalue weighted by molar-refractivity contribution is 5.95. The normalized spacial score (nSPS) is 18.9. The highest BCUT2D eigenvalue weighted by Gasteiger charge is 2.26. The maximum Gasteiger partial charge on any atom is 0.254 e. The van der Waals surface area contributed by atoms with Crippen molar-refractivity contribution in [2.45, 2.75) is 32.2 Å². The third-order valence-electron chi connectivity index (χ3n) is 4.16. The molecule has 2 heterocycles. The van der Waals surface area contributed by atoms with E-state index in [0.717, 1.165) is 49.4 Å². The first kappa shape index (κ1) is 15.8. The fraction of sp³-hybridized carbons (Fsp3) is 0.625. The molecule has 1 aliphatic rings. The maximum atomic E-state index is 12.8. The number of anilines is 1. The number of amides is 1. The van der Waals surface area contributed by atoms with Crippen LogP contribution in [0.3, 0.4) is 0 Å². The quantitative estimate of drug-likeness (QED) is 0.919. The number of nitrogens with one attached hydrogen (secondary N) is 1. The third-order valence-corrected chi connectivity index (χ3v) is 4.16. The number of nitrogens with zero attached hydrogens (tertiary/aromatic N) is 3. The molecule has 2 rings (SSSR count). The van der Waals surface area contributed by atoms with E-state index < -0.39 is 0 Å². The predicted octanol–water partition coefficient (Wildman–Crippen LogP) is 1.85. The molecule has 5 nitrogen and oxygen atoms in total. The molecular formula is C16H26N4O. The van der Waals surface area contributed by atoms with Crippen molar-refractivity contribution >= 4 is 11.7 Å². The predicted molar refractivity (Wildman–Crippen MR) is 85.8 cm³/mol. The van der Waals surface area contributed by atoms with Crippen LogP contribution in [-0.2, 0) is 6.42 Å². The molecule has 0 radical (unpaired) electrons. The highest BCUT2D eigenvalue weighted by Crippen LogP contribution is 2.18. The Balaban J connectivity index is 2.19. The Kier molecular flexibility index (Phi) is 5.17. The minimum absolute atomic E-state index is 0.121. The Morgan fingerprint density at radius 2 is 2.24 bits per heavy atom. The molecule has 0 aromatic carbocycles. The van der Waals surface area contributed by atoms with Crippen LogP contribution in [0.5, 0.6) is 0 Å². The summed E-state index contributed by atoms with van der Waals surface area (Å²) in [5, 5.41) is 3.04. The first-order chi connectivity index (χ1) is 10.0. The van der Waals surface area contributed by atoms with Gasteiger partial charge in [-0.25, -0.2) is 4.98 Å². The van der Waals surface area contributed by atoms with Gasteiger partial charge in [-0.2, -0.15) is 0 Å².